The maximum absolute atomic E-state index is 12.0. The van der Waals surface area contributed by atoms with Gasteiger partial charge in [0, 0.05) is 17.7 Å². The molecule has 0 unspecified atom stereocenters. The molecule has 128 valence electrons. The first-order valence-electron chi connectivity index (χ1n) is 8.09. The number of phenols is 1. The van der Waals surface area contributed by atoms with Gasteiger partial charge in [0.05, 0.1) is 11.9 Å². The van der Waals surface area contributed by atoms with Gasteiger partial charge in [0.2, 0.25) is 5.91 Å². The highest BCUT2D eigenvalue weighted by molar-refractivity contribution is 6.02. The van der Waals surface area contributed by atoms with Crippen molar-refractivity contribution in [3.63, 3.8) is 0 Å². The van der Waals surface area contributed by atoms with Gasteiger partial charge in [0.1, 0.15) is 5.75 Å². The number of carbonyl (C=O) groups is 1. The quantitative estimate of drug-likeness (QED) is 0.494. The van der Waals surface area contributed by atoms with Crippen LogP contribution in [0.5, 0.6) is 5.75 Å². The molecule has 0 saturated carbocycles. The number of carbonyl (C=O) groups excluding carboxylic acids is 1. The molecule has 6 nitrogen and oxygen atoms in total. The van der Waals surface area contributed by atoms with Crippen LogP contribution >= 0.6 is 0 Å². The molecule has 0 fully saturated rings. The van der Waals surface area contributed by atoms with Gasteiger partial charge in [-0.25, -0.2) is 5.43 Å². The van der Waals surface area contributed by atoms with E-state index in [0.29, 0.717) is 18.4 Å². The van der Waals surface area contributed by atoms with Crippen LogP contribution in [0.4, 0.5) is 0 Å². The van der Waals surface area contributed by atoms with Crippen molar-refractivity contribution >= 4 is 22.9 Å². The molecule has 3 aromatic rings. The van der Waals surface area contributed by atoms with Crippen molar-refractivity contribution in [2.45, 2.75) is 26.7 Å². The molecule has 1 amide bonds. The lowest BCUT2D eigenvalue weighted by molar-refractivity contribution is -0.121. The molecule has 0 bridgehead atoms. The average molecular weight is 336 g/mol. The maximum Gasteiger partial charge on any atom is 0.240 e. The number of nitrogens with one attached hydrogen (secondary N) is 2. The largest absolute Gasteiger partial charge is 0.507 e. The molecule has 25 heavy (non-hydrogen) atoms. The summed E-state index contributed by atoms with van der Waals surface area (Å²) >= 11 is 0. The number of aryl methyl sites for hydroxylation is 2. The fourth-order valence-electron chi connectivity index (χ4n) is 2.83. The lowest BCUT2D eigenvalue weighted by atomic mass is 10.0. The van der Waals surface area contributed by atoms with Crippen LogP contribution in [0.3, 0.4) is 0 Å². The van der Waals surface area contributed by atoms with Crippen LogP contribution in [0.1, 0.15) is 28.9 Å². The van der Waals surface area contributed by atoms with E-state index in [4.69, 9.17) is 0 Å². The highest BCUT2D eigenvalue weighted by atomic mass is 16.3. The molecule has 0 aliphatic heterocycles. The monoisotopic (exact) mass is 336 g/mol. The van der Waals surface area contributed by atoms with Crippen LogP contribution in [-0.2, 0) is 11.2 Å². The van der Waals surface area contributed by atoms with Gasteiger partial charge < -0.3 is 5.11 Å². The second-order valence-electron chi connectivity index (χ2n) is 5.93. The number of fused-ring (bicyclic) bond motifs is 1. The van der Waals surface area contributed by atoms with Crippen LogP contribution in [0, 0.1) is 13.8 Å². The van der Waals surface area contributed by atoms with Gasteiger partial charge in [-0.1, -0.05) is 30.3 Å². The fraction of sp³-hybridized carbons (Fsp3) is 0.211. The molecule has 0 atom stereocenters. The highest BCUT2D eigenvalue weighted by Crippen LogP contribution is 2.25. The number of aromatic hydroxyl groups is 1. The summed E-state index contributed by atoms with van der Waals surface area (Å²) in [4.78, 5) is 12.0. The molecular formula is C19H20N4O2. The van der Waals surface area contributed by atoms with Crippen LogP contribution in [0.2, 0.25) is 0 Å². The second kappa shape index (κ2) is 7.17. The Balaban J connectivity index is 1.65. The molecule has 0 aliphatic carbocycles. The zero-order valence-electron chi connectivity index (χ0n) is 14.2. The van der Waals surface area contributed by atoms with Crippen molar-refractivity contribution in [3.8, 4) is 5.75 Å². The van der Waals surface area contributed by atoms with E-state index in [9.17, 15) is 9.90 Å². The van der Waals surface area contributed by atoms with Crippen molar-refractivity contribution < 1.29 is 9.90 Å². The Morgan fingerprint density at radius 2 is 2.08 bits per heavy atom. The number of hydrazone groups is 1. The Hall–Kier alpha value is -3.15. The second-order valence-corrected chi connectivity index (χ2v) is 5.93. The molecule has 1 heterocycles. The van der Waals surface area contributed by atoms with E-state index in [1.165, 1.54) is 6.21 Å². The minimum atomic E-state index is -0.184. The van der Waals surface area contributed by atoms with Crippen molar-refractivity contribution in [2.75, 3.05) is 0 Å². The van der Waals surface area contributed by atoms with E-state index in [1.54, 1.807) is 6.07 Å². The van der Waals surface area contributed by atoms with Crippen LogP contribution in [0.15, 0.2) is 41.5 Å². The number of phenolic OH excluding ortho intramolecular Hbond substituents is 1. The standard InChI is InChI=1S/C19H20N4O2/c1-12-15(13(2)22-21-12)8-10-19(25)23-20-11-17-16-6-4-3-5-14(16)7-9-18(17)24/h3-7,9,11,24H,8,10H2,1-2H3,(H,21,22)(H,23,25). The summed E-state index contributed by atoms with van der Waals surface area (Å²) in [5, 5.41) is 22.9. The minimum absolute atomic E-state index is 0.126. The molecule has 1 aromatic heterocycles. The fourth-order valence-corrected chi connectivity index (χ4v) is 2.83. The minimum Gasteiger partial charge on any atom is -0.507 e. The third kappa shape index (κ3) is 3.68. The molecule has 0 aliphatic rings. The molecule has 0 saturated heterocycles. The van der Waals surface area contributed by atoms with Gasteiger partial charge in [-0.05, 0) is 42.7 Å². The van der Waals surface area contributed by atoms with Crippen LogP contribution < -0.4 is 5.43 Å². The molecule has 3 N–H and O–H groups in total. The SMILES string of the molecule is Cc1n[nH]c(C)c1CCC(=O)NN=Cc1c(O)ccc2ccccc12. The molecule has 6 heteroatoms. The number of aromatic nitrogens is 2. The number of benzene rings is 2. The number of amides is 1. The van der Waals surface area contributed by atoms with Crippen LogP contribution in [0.25, 0.3) is 10.8 Å². The van der Waals surface area contributed by atoms with Gasteiger partial charge in [-0.2, -0.15) is 10.2 Å². The lowest BCUT2D eigenvalue weighted by Crippen LogP contribution is -2.18. The summed E-state index contributed by atoms with van der Waals surface area (Å²) < 4.78 is 0. The third-order valence-electron chi connectivity index (χ3n) is 4.21. The van der Waals surface area contributed by atoms with Gasteiger partial charge in [0.15, 0.2) is 0 Å². The number of rotatable bonds is 5. The van der Waals surface area contributed by atoms with Crippen molar-refractivity contribution in [2.24, 2.45) is 5.10 Å². The number of nitrogens with zero attached hydrogens (tertiary/aromatic N) is 2. The topological polar surface area (TPSA) is 90.4 Å². The van der Waals surface area contributed by atoms with Crippen molar-refractivity contribution in [1.82, 2.24) is 15.6 Å². The molecule has 0 radical (unpaired) electrons. The summed E-state index contributed by atoms with van der Waals surface area (Å²) in [5.74, 6) is -0.0580. The smallest absolute Gasteiger partial charge is 0.240 e. The van der Waals surface area contributed by atoms with Gasteiger partial charge in [0.25, 0.3) is 0 Å². The van der Waals surface area contributed by atoms with Crippen molar-refractivity contribution in [1.29, 1.82) is 0 Å². The van der Waals surface area contributed by atoms with Gasteiger partial charge >= 0.3 is 0 Å². The summed E-state index contributed by atoms with van der Waals surface area (Å²) in [6, 6.07) is 11.2. The van der Waals surface area contributed by atoms with E-state index in [0.717, 1.165) is 27.7 Å². The van der Waals surface area contributed by atoms with E-state index in [1.807, 2.05) is 44.2 Å². The Morgan fingerprint density at radius 3 is 2.84 bits per heavy atom. The molecule has 3 rings (SSSR count). The van der Waals surface area contributed by atoms with Gasteiger partial charge in [-0.3, -0.25) is 9.89 Å². The predicted molar refractivity (Wildman–Crippen MR) is 97.7 cm³/mol. The Kier molecular flexibility index (Phi) is 4.79. The first-order chi connectivity index (χ1) is 12.1. The summed E-state index contributed by atoms with van der Waals surface area (Å²) in [7, 11) is 0. The molecule has 0 spiro atoms. The van der Waals surface area contributed by atoms with E-state index < -0.39 is 0 Å². The Labute approximate surface area is 145 Å². The molecule has 2 aromatic carbocycles. The zero-order chi connectivity index (χ0) is 17.8. The van der Waals surface area contributed by atoms with Gasteiger partial charge in [-0.15, -0.1) is 0 Å². The maximum atomic E-state index is 12.0. The third-order valence-corrected chi connectivity index (χ3v) is 4.21. The molecular weight excluding hydrogens is 316 g/mol. The summed E-state index contributed by atoms with van der Waals surface area (Å²) in [6.45, 7) is 3.85. The average Bonchev–Trinajstić information content (AvgIpc) is 2.93. The number of hydrogen-bond acceptors (Lipinski definition) is 4. The summed E-state index contributed by atoms with van der Waals surface area (Å²) in [6.07, 6.45) is 2.40. The number of H-pyrrole nitrogens is 1. The first-order valence-corrected chi connectivity index (χ1v) is 8.09. The van der Waals surface area contributed by atoms with E-state index in [-0.39, 0.29) is 11.7 Å². The number of aromatic amines is 1. The first kappa shape index (κ1) is 16.7. The van der Waals surface area contributed by atoms with E-state index in [2.05, 4.69) is 20.7 Å². The highest BCUT2D eigenvalue weighted by Gasteiger charge is 2.09. The van der Waals surface area contributed by atoms with Crippen molar-refractivity contribution in [3.05, 3.63) is 58.9 Å². The summed E-state index contributed by atoms with van der Waals surface area (Å²) in [5.41, 5.74) is 6.05. The zero-order valence-corrected chi connectivity index (χ0v) is 14.2. The lowest BCUT2D eigenvalue weighted by Gasteiger charge is -2.05. The Morgan fingerprint density at radius 1 is 1.28 bits per heavy atom. The van der Waals surface area contributed by atoms with Crippen LogP contribution in [-0.4, -0.2) is 27.4 Å². The van der Waals surface area contributed by atoms with E-state index >= 15 is 0 Å². The predicted octanol–water partition coefficient (Wildman–Crippen LogP) is 2.97. The number of hydrogen-bond donors (Lipinski definition) is 3. The normalized spacial score (nSPS) is 11.3. The Bertz CT molecular complexity index is 924.